The van der Waals surface area contributed by atoms with E-state index in [1.54, 1.807) is 19.6 Å². The summed E-state index contributed by atoms with van der Waals surface area (Å²) in [5, 5.41) is 80.8. The van der Waals surface area contributed by atoms with E-state index in [2.05, 4.69) is 31.9 Å². The lowest BCUT2D eigenvalue weighted by molar-refractivity contribution is -0.143. The molecule has 1 heterocycles. The minimum atomic E-state index is -1.53. The van der Waals surface area contributed by atoms with Gasteiger partial charge in [0.15, 0.2) is 0 Å². The first-order valence-electron chi connectivity index (χ1n) is 26.3. The van der Waals surface area contributed by atoms with Crippen LogP contribution in [0.15, 0.2) is 0 Å². The number of unbranched alkanes of at least 4 members (excludes halogenated alkanes) is 6. The molecule has 1 aliphatic heterocycles. The average molecular weight is 1120 g/mol. The third-order valence-electron chi connectivity index (χ3n) is 12.5. The van der Waals surface area contributed by atoms with Crippen molar-refractivity contribution in [2.75, 3.05) is 98.2 Å². The Kier molecular flexibility index (Phi) is 35.9. The minimum Gasteiger partial charge on any atom is -0.481 e. The van der Waals surface area contributed by atoms with Crippen molar-refractivity contribution in [1.82, 2.24) is 51.5 Å². The second-order valence-electron chi connectivity index (χ2n) is 19.0. The second kappa shape index (κ2) is 40.5. The highest BCUT2D eigenvalue weighted by Crippen LogP contribution is 2.10. The average Bonchev–Trinajstić information content (AvgIpc) is 3.34. The van der Waals surface area contributed by atoms with E-state index in [-0.39, 0.29) is 136 Å². The highest BCUT2D eigenvalue weighted by molar-refractivity contribution is 5.91. The van der Waals surface area contributed by atoms with Gasteiger partial charge in [-0.05, 0) is 83.6 Å². The fourth-order valence-corrected chi connectivity index (χ4v) is 8.16. The summed E-state index contributed by atoms with van der Waals surface area (Å²) in [7, 11) is 0. The third kappa shape index (κ3) is 34.8. The zero-order chi connectivity index (χ0) is 58.4. The molecule has 1 aliphatic rings. The smallest absolute Gasteiger partial charge is 0.326 e. The molecule has 2 unspecified atom stereocenters. The number of aliphatic carboxylic acids is 7. The molecule has 4 atom stereocenters. The predicted molar refractivity (Wildman–Crippen MR) is 276 cm³/mol. The van der Waals surface area contributed by atoms with Crippen LogP contribution >= 0.6 is 0 Å². The molecule has 0 spiro atoms. The number of carbonyl (C=O) groups is 12. The number of hydrogen-bond acceptors (Lipinski definition) is 17. The summed E-state index contributed by atoms with van der Waals surface area (Å²) in [5.41, 5.74) is 5.67. The maximum atomic E-state index is 13.6. The molecule has 0 bridgehead atoms. The molecule has 78 heavy (non-hydrogen) atoms. The van der Waals surface area contributed by atoms with E-state index in [9.17, 15) is 88.2 Å². The fourth-order valence-electron chi connectivity index (χ4n) is 8.16. The van der Waals surface area contributed by atoms with Gasteiger partial charge >= 0.3 is 47.8 Å². The molecule has 1 rings (SSSR count). The van der Waals surface area contributed by atoms with E-state index in [0.29, 0.717) is 70.8 Å². The van der Waals surface area contributed by atoms with Crippen LogP contribution in [0.4, 0.5) is 4.79 Å². The van der Waals surface area contributed by atoms with E-state index < -0.39 is 96.6 Å². The van der Waals surface area contributed by atoms with Gasteiger partial charge in [-0.3, -0.25) is 58.0 Å². The molecule has 0 aromatic rings. The number of hydrogen-bond donors (Lipinski definition) is 14. The Balaban J connectivity index is 2.55. The molecule has 0 saturated carbocycles. The highest BCUT2D eigenvalue weighted by Gasteiger charge is 2.29. The minimum absolute atomic E-state index is 0.0130. The van der Waals surface area contributed by atoms with Gasteiger partial charge in [0, 0.05) is 84.7 Å². The predicted octanol–water partition coefficient (Wildman–Crippen LogP) is -2.37. The molecule has 1 saturated heterocycles. The first-order valence-corrected chi connectivity index (χ1v) is 26.3. The monoisotopic (exact) mass is 1120 g/mol. The number of urea groups is 1. The van der Waals surface area contributed by atoms with Crippen LogP contribution in [-0.4, -0.2) is 249 Å². The zero-order valence-electron chi connectivity index (χ0n) is 44.3. The van der Waals surface area contributed by atoms with E-state index >= 15 is 0 Å². The molecule has 15 N–H and O–H groups in total. The number of amides is 6. The van der Waals surface area contributed by atoms with Crippen LogP contribution in [0, 0.1) is 0 Å². The molecule has 0 aromatic heterocycles. The number of carbonyl (C=O) groups excluding carboxylic acids is 5. The van der Waals surface area contributed by atoms with E-state index in [1.165, 1.54) is 0 Å². The van der Waals surface area contributed by atoms with Crippen molar-refractivity contribution >= 4 is 71.4 Å². The van der Waals surface area contributed by atoms with Gasteiger partial charge in [0.05, 0.1) is 26.2 Å². The molecule has 6 amide bonds. The van der Waals surface area contributed by atoms with Crippen molar-refractivity contribution in [3.8, 4) is 0 Å². The number of rotatable bonds is 40. The lowest BCUT2D eigenvalue weighted by Gasteiger charge is -2.33. The maximum Gasteiger partial charge on any atom is 0.326 e. The Morgan fingerprint density at radius 1 is 0.359 bits per heavy atom. The number of carboxylic acids is 7. The Bertz CT molecular complexity index is 1920. The van der Waals surface area contributed by atoms with Crippen LogP contribution < -0.4 is 37.6 Å². The maximum absolute atomic E-state index is 13.6. The van der Waals surface area contributed by atoms with Gasteiger partial charge in [0.1, 0.15) is 24.2 Å². The largest absolute Gasteiger partial charge is 0.481 e. The fraction of sp³-hybridized carbons (Fsp3) is 0.750. The van der Waals surface area contributed by atoms with Crippen LogP contribution in [0.1, 0.15) is 109 Å². The van der Waals surface area contributed by atoms with Crippen molar-refractivity contribution in [3.63, 3.8) is 0 Å². The summed E-state index contributed by atoms with van der Waals surface area (Å²) in [4.78, 5) is 151. The van der Waals surface area contributed by atoms with Crippen molar-refractivity contribution in [2.45, 2.75) is 133 Å². The molecular formula is C48H83N11O19. The number of nitrogens with two attached hydrogens (primary N) is 1. The third-order valence-corrected chi connectivity index (χ3v) is 12.5. The molecular weight excluding hydrogens is 1030 g/mol. The first-order chi connectivity index (χ1) is 37.0. The van der Waals surface area contributed by atoms with Gasteiger partial charge in [-0.15, -0.1) is 0 Å². The molecule has 0 aromatic carbocycles. The standard InChI is InChI=1S/C48H83N11O19/c49-18-8-5-11-33(52-39(62)29-56-21-23-57(30-41(65)66)25-27-59(32-43(69)70)28-26-58(24-22-56)31-42(67)68)44(71)53-34(45(72)73)12-6-9-19-50-37(60)14-3-1-2-4-15-38(61)51-20-10-7-13-35(46(74)75)54-48(78)55-36(47(76)77)16-17-40(63)64/h33-36H,1-32,49H2,(H,50,60)(H,51,61)(H,52,62)(H,53,71)(H,63,64)(H,65,66)(H,67,68)(H,69,70)(H,72,73)(H,74,75)(H,76,77)(H2,54,55,78)/t33?,34?,35-,36-/m0/s1. The Labute approximate surface area is 452 Å². The number of nitrogens with one attached hydrogen (secondary N) is 6. The SMILES string of the molecule is NCCCCC(NC(=O)CN1CCN(CC(=O)O)CCN(CC(=O)O)CCN(CC(=O)O)CC1)C(=O)NC(CCCCNC(=O)CCCCCCC(=O)NCCCC[C@H](NC(=O)N[C@@H](CCC(=O)O)C(=O)O)C(=O)O)C(=O)O. The van der Waals surface area contributed by atoms with Gasteiger partial charge < -0.3 is 73.4 Å². The summed E-state index contributed by atoms with van der Waals surface area (Å²) < 4.78 is 0. The summed E-state index contributed by atoms with van der Waals surface area (Å²) in [5.74, 6) is -10.4. The molecule has 0 radical (unpaired) electrons. The van der Waals surface area contributed by atoms with Crippen LogP contribution in [0.3, 0.4) is 0 Å². The Morgan fingerprint density at radius 2 is 0.718 bits per heavy atom. The quantitative estimate of drug-likeness (QED) is 0.0285. The Morgan fingerprint density at radius 3 is 1.09 bits per heavy atom. The highest BCUT2D eigenvalue weighted by atomic mass is 16.4. The van der Waals surface area contributed by atoms with Gasteiger partial charge in [0.2, 0.25) is 23.6 Å². The summed E-state index contributed by atoms with van der Waals surface area (Å²) in [6.07, 6.45) is 4.54. The van der Waals surface area contributed by atoms with Gasteiger partial charge in [-0.25, -0.2) is 19.2 Å². The Hall–Kier alpha value is -6.76. The van der Waals surface area contributed by atoms with Crippen LogP contribution in [0.5, 0.6) is 0 Å². The summed E-state index contributed by atoms with van der Waals surface area (Å²) >= 11 is 0. The number of carboxylic acid groups (broad SMARTS) is 7. The molecule has 1 fully saturated rings. The van der Waals surface area contributed by atoms with Crippen molar-refractivity contribution in [1.29, 1.82) is 0 Å². The first kappa shape index (κ1) is 69.3. The summed E-state index contributed by atoms with van der Waals surface area (Å²) in [6.45, 7) is 0.944. The zero-order valence-corrected chi connectivity index (χ0v) is 44.3. The molecule has 30 nitrogen and oxygen atoms in total. The van der Waals surface area contributed by atoms with Crippen LogP contribution in [0.25, 0.3) is 0 Å². The molecule has 444 valence electrons. The van der Waals surface area contributed by atoms with E-state index in [0.717, 1.165) is 0 Å². The van der Waals surface area contributed by atoms with Crippen LogP contribution in [0.2, 0.25) is 0 Å². The van der Waals surface area contributed by atoms with E-state index in [4.69, 9.17) is 10.8 Å². The number of nitrogens with zero attached hydrogens (tertiary/aromatic N) is 4. The van der Waals surface area contributed by atoms with E-state index in [1.807, 2.05) is 0 Å². The molecule has 0 aliphatic carbocycles. The van der Waals surface area contributed by atoms with Crippen molar-refractivity contribution in [2.24, 2.45) is 5.73 Å². The van der Waals surface area contributed by atoms with Crippen LogP contribution in [-0.2, 0) is 52.7 Å². The van der Waals surface area contributed by atoms with Gasteiger partial charge in [-0.2, -0.15) is 0 Å². The second-order valence-corrected chi connectivity index (χ2v) is 19.0. The van der Waals surface area contributed by atoms with Gasteiger partial charge in [-0.1, -0.05) is 12.8 Å². The van der Waals surface area contributed by atoms with Gasteiger partial charge in [0.25, 0.3) is 0 Å². The summed E-state index contributed by atoms with van der Waals surface area (Å²) in [6, 6.07) is -6.39. The topological polar surface area (TPSA) is 458 Å². The lowest BCUT2D eigenvalue weighted by Crippen LogP contribution is -2.54. The molecule has 30 heteroatoms. The lowest BCUT2D eigenvalue weighted by atomic mass is 10.1. The van der Waals surface area contributed by atoms with Crippen molar-refractivity contribution < 1.29 is 93.3 Å². The van der Waals surface area contributed by atoms with Crippen molar-refractivity contribution in [3.05, 3.63) is 0 Å². The normalized spacial score (nSPS) is 15.6.